The van der Waals surface area contributed by atoms with Crippen molar-refractivity contribution in [2.24, 2.45) is 5.92 Å². The zero-order valence-corrected chi connectivity index (χ0v) is 6.86. The first-order valence-electron chi connectivity index (χ1n) is 3.92. The first kappa shape index (κ1) is 9.94. The van der Waals surface area contributed by atoms with Gasteiger partial charge in [0, 0.05) is 0 Å². The van der Waals surface area contributed by atoms with Crippen LogP contribution < -0.4 is 5.48 Å². The summed E-state index contributed by atoms with van der Waals surface area (Å²) in [6.07, 6.45) is 0.774. The van der Waals surface area contributed by atoms with Crippen LogP contribution in [-0.2, 0) is 9.59 Å². The van der Waals surface area contributed by atoms with E-state index in [2.05, 4.69) is 0 Å². The Morgan fingerprint density at radius 1 is 1.46 bits per heavy atom. The van der Waals surface area contributed by atoms with E-state index in [4.69, 9.17) is 10.3 Å². The Morgan fingerprint density at radius 2 is 2.08 bits per heavy atom. The van der Waals surface area contributed by atoms with Crippen molar-refractivity contribution in [2.45, 2.75) is 24.9 Å². The summed E-state index contributed by atoms with van der Waals surface area (Å²) >= 11 is 0. The molecule has 0 aliphatic heterocycles. The zero-order chi connectivity index (χ0) is 10.1. The quantitative estimate of drug-likeness (QED) is 0.333. The smallest absolute Gasteiger partial charge is 0.309 e. The van der Waals surface area contributed by atoms with Crippen LogP contribution in [0.15, 0.2) is 0 Å². The molecule has 1 amide bonds. The molecule has 0 radical (unpaired) electrons. The number of carboxylic acid groups (broad SMARTS) is 1. The number of amides is 1. The van der Waals surface area contributed by atoms with Crippen molar-refractivity contribution in [3.8, 4) is 0 Å². The van der Waals surface area contributed by atoms with Crippen molar-refractivity contribution in [3.63, 3.8) is 0 Å². The summed E-state index contributed by atoms with van der Waals surface area (Å²) in [7, 11) is 0. The van der Waals surface area contributed by atoms with Gasteiger partial charge in [-0.05, 0) is 19.3 Å². The second-order valence-corrected chi connectivity index (χ2v) is 3.15. The summed E-state index contributed by atoms with van der Waals surface area (Å²) < 4.78 is 0. The van der Waals surface area contributed by atoms with Crippen LogP contribution in [0.1, 0.15) is 19.3 Å². The minimum Gasteiger partial charge on any atom is -0.481 e. The van der Waals surface area contributed by atoms with Gasteiger partial charge in [-0.2, -0.15) is 0 Å². The van der Waals surface area contributed by atoms with E-state index in [0.717, 1.165) is 0 Å². The summed E-state index contributed by atoms with van der Waals surface area (Å²) in [5, 5.41) is 26.6. The molecule has 0 aromatic heterocycles. The van der Waals surface area contributed by atoms with Gasteiger partial charge in [-0.1, -0.05) is 0 Å². The average Bonchev–Trinajstić information content (AvgIpc) is 2.47. The monoisotopic (exact) mass is 189 g/mol. The van der Waals surface area contributed by atoms with Gasteiger partial charge in [0.05, 0.1) is 5.92 Å². The highest BCUT2D eigenvalue weighted by Gasteiger charge is 2.51. The van der Waals surface area contributed by atoms with Crippen LogP contribution in [-0.4, -0.2) is 32.9 Å². The third kappa shape index (κ3) is 1.50. The van der Waals surface area contributed by atoms with Gasteiger partial charge in [-0.3, -0.25) is 14.8 Å². The van der Waals surface area contributed by atoms with Crippen molar-refractivity contribution in [1.82, 2.24) is 5.48 Å². The number of carbonyl (C=O) groups excluding carboxylic acids is 1. The topological polar surface area (TPSA) is 107 Å². The van der Waals surface area contributed by atoms with Crippen LogP contribution in [0.2, 0.25) is 0 Å². The Morgan fingerprint density at radius 3 is 2.54 bits per heavy atom. The molecule has 74 valence electrons. The van der Waals surface area contributed by atoms with E-state index < -0.39 is 23.4 Å². The molecule has 0 aromatic carbocycles. The molecule has 2 unspecified atom stereocenters. The predicted molar refractivity (Wildman–Crippen MR) is 39.9 cm³/mol. The molecule has 1 aliphatic rings. The van der Waals surface area contributed by atoms with Crippen molar-refractivity contribution in [1.29, 1.82) is 0 Å². The van der Waals surface area contributed by atoms with Gasteiger partial charge >= 0.3 is 5.97 Å². The number of hydrogen-bond donors (Lipinski definition) is 4. The molecule has 1 rings (SSSR count). The first-order chi connectivity index (χ1) is 6.02. The van der Waals surface area contributed by atoms with Gasteiger partial charge in [-0.15, -0.1) is 0 Å². The molecule has 1 aliphatic carbocycles. The number of carbonyl (C=O) groups is 2. The van der Waals surface area contributed by atoms with Gasteiger partial charge < -0.3 is 10.2 Å². The number of aliphatic hydroxyl groups is 1. The van der Waals surface area contributed by atoms with E-state index in [1.807, 2.05) is 0 Å². The molecular formula is C7H11NO5. The molecule has 0 aromatic rings. The normalized spacial score (nSPS) is 32.9. The molecule has 0 heterocycles. The lowest BCUT2D eigenvalue weighted by atomic mass is 9.90. The molecule has 6 nitrogen and oxygen atoms in total. The maximum Gasteiger partial charge on any atom is 0.309 e. The Balaban J connectivity index is 2.87. The van der Waals surface area contributed by atoms with E-state index in [0.29, 0.717) is 6.42 Å². The van der Waals surface area contributed by atoms with Crippen molar-refractivity contribution >= 4 is 11.9 Å². The van der Waals surface area contributed by atoms with Gasteiger partial charge in [0.2, 0.25) is 0 Å². The second kappa shape index (κ2) is 3.31. The number of hydroxylamine groups is 1. The molecule has 4 N–H and O–H groups in total. The fourth-order valence-electron chi connectivity index (χ4n) is 1.69. The third-order valence-electron chi connectivity index (χ3n) is 2.42. The highest BCUT2D eigenvalue weighted by molar-refractivity contribution is 5.90. The number of carboxylic acids is 1. The maximum atomic E-state index is 11.0. The second-order valence-electron chi connectivity index (χ2n) is 3.15. The van der Waals surface area contributed by atoms with Crippen LogP contribution in [0.3, 0.4) is 0 Å². The largest absolute Gasteiger partial charge is 0.481 e. The number of aliphatic carboxylic acids is 1. The third-order valence-corrected chi connectivity index (χ3v) is 2.42. The number of nitrogens with one attached hydrogen (secondary N) is 1. The summed E-state index contributed by atoms with van der Waals surface area (Å²) in [5.74, 6) is -3.39. The fourth-order valence-corrected chi connectivity index (χ4v) is 1.69. The molecule has 2 atom stereocenters. The molecule has 1 saturated carbocycles. The zero-order valence-electron chi connectivity index (χ0n) is 6.86. The van der Waals surface area contributed by atoms with Crippen LogP contribution in [0, 0.1) is 5.92 Å². The van der Waals surface area contributed by atoms with Crippen molar-refractivity contribution in [2.75, 3.05) is 0 Å². The summed E-state index contributed by atoms with van der Waals surface area (Å²) in [4.78, 5) is 21.6. The Bertz CT molecular complexity index is 241. The minimum atomic E-state index is -1.96. The Labute approximate surface area is 74.1 Å². The first-order valence-corrected chi connectivity index (χ1v) is 3.92. The van der Waals surface area contributed by atoms with E-state index in [9.17, 15) is 14.7 Å². The molecule has 13 heavy (non-hydrogen) atoms. The molecule has 0 saturated heterocycles. The highest BCUT2D eigenvalue weighted by Crippen LogP contribution is 2.35. The van der Waals surface area contributed by atoms with Crippen LogP contribution in [0.4, 0.5) is 0 Å². The number of hydrogen-bond acceptors (Lipinski definition) is 4. The Kier molecular flexibility index (Phi) is 2.53. The van der Waals surface area contributed by atoms with E-state index in [1.165, 1.54) is 5.48 Å². The van der Waals surface area contributed by atoms with E-state index in [-0.39, 0.29) is 12.8 Å². The molecule has 0 bridgehead atoms. The standard InChI is InChI=1S/C7H11NO5/c9-5(10)4-2-1-3-7(4,12)6(11)8-13/h4,12-13H,1-3H2,(H,8,11)(H,9,10). The fraction of sp³-hybridized carbons (Fsp3) is 0.714. The Hall–Kier alpha value is -1.14. The van der Waals surface area contributed by atoms with Crippen molar-refractivity contribution in [3.05, 3.63) is 0 Å². The average molecular weight is 189 g/mol. The molecule has 0 spiro atoms. The van der Waals surface area contributed by atoms with Crippen LogP contribution in [0.5, 0.6) is 0 Å². The SMILES string of the molecule is O=C(O)C1CCCC1(O)C(=O)NO. The van der Waals surface area contributed by atoms with Gasteiger partial charge in [0.15, 0.2) is 5.60 Å². The van der Waals surface area contributed by atoms with Gasteiger partial charge in [0.1, 0.15) is 0 Å². The maximum absolute atomic E-state index is 11.0. The van der Waals surface area contributed by atoms with Crippen LogP contribution >= 0.6 is 0 Å². The van der Waals surface area contributed by atoms with Gasteiger partial charge in [-0.25, -0.2) is 5.48 Å². The molecule has 6 heteroatoms. The van der Waals surface area contributed by atoms with E-state index in [1.54, 1.807) is 0 Å². The predicted octanol–water partition coefficient (Wildman–Crippen LogP) is -0.892. The van der Waals surface area contributed by atoms with Crippen LogP contribution in [0.25, 0.3) is 0 Å². The highest BCUT2D eigenvalue weighted by atomic mass is 16.5. The summed E-state index contributed by atoms with van der Waals surface area (Å²) in [5.41, 5.74) is -0.678. The van der Waals surface area contributed by atoms with E-state index >= 15 is 0 Å². The molecule has 1 fully saturated rings. The van der Waals surface area contributed by atoms with Crippen molar-refractivity contribution < 1.29 is 25.0 Å². The summed E-state index contributed by atoms with van der Waals surface area (Å²) in [6.45, 7) is 0. The molecular weight excluding hydrogens is 178 g/mol. The lowest BCUT2D eigenvalue weighted by Gasteiger charge is -2.24. The lowest BCUT2D eigenvalue weighted by Crippen LogP contribution is -2.50. The van der Waals surface area contributed by atoms with Gasteiger partial charge in [0.25, 0.3) is 5.91 Å². The minimum absolute atomic E-state index is 0.0658. The lowest BCUT2D eigenvalue weighted by molar-refractivity contribution is -0.164. The number of rotatable bonds is 2. The summed E-state index contributed by atoms with van der Waals surface area (Å²) in [6, 6.07) is 0.